The molecule has 2 aromatic rings. The van der Waals surface area contributed by atoms with Crippen LogP contribution in [0.1, 0.15) is 121 Å². The van der Waals surface area contributed by atoms with Crippen LogP contribution in [-0.2, 0) is 6.42 Å². The highest BCUT2D eigenvalue weighted by molar-refractivity contribution is 5.32. The van der Waals surface area contributed by atoms with Crippen LogP contribution < -0.4 is 9.47 Å². The topological polar surface area (TPSA) is 18.5 Å². The molecule has 2 fully saturated rings. The normalized spacial score (nSPS) is 24.5. The number of hydrogen-bond donors (Lipinski definition) is 0. The standard InChI is InChI=1S/C39H52F8O2/c1-3-5-7-27-8-10-28(11-9-27)24-35(31-18-22-33(23-19-31)49-37(41)39(45,46)47)34(30-16-12-26(6-4-2)13-17-30)25-29-14-20-32(21-15-29)48-36(40)38(42,43)44/h14-15,18-23,26-28,30,34-37H,3-13,16-17,24-25H2,1-2H3. The number of hydrogen-bond acceptors (Lipinski definition) is 2. The van der Waals surface area contributed by atoms with E-state index in [1.165, 1.54) is 62.8 Å². The lowest BCUT2D eigenvalue weighted by Crippen LogP contribution is -2.31. The third kappa shape index (κ3) is 12.0. The second-order valence-corrected chi connectivity index (χ2v) is 14.5. The van der Waals surface area contributed by atoms with Crippen LogP contribution in [0.25, 0.3) is 0 Å². The zero-order chi connectivity index (χ0) is 35.6. The highest BCUT2D eigenvalue weighted by Crippen LogP contribution is 2.47. The molecule has 10 heteroatoms. The molecule has 2 nitrogen and oxygen atoms in total. The van der Waals surface area contributed by atoms with Crippen molar-refractivity contribution in [1.82, 2.24) is 0 Å². The van der Waals surface area contributed by atoms with Crippen molar-refractivity contribution < 1.29 is 44.6 Å². The number of halogens is 8. The van der Waals surface area contributed by atoms with Gasteiger partial charge in [0.25, 0.3) is 0 Å². The van der Waals surface area contributed by atoms with Crippen LogP contribution in [0.4, 0.5) is 35.1 Å². The lowest BCUT2D eigenvalue weighted by Gasteiger charge is -2.41. The Kier molecular flexibility index (Phi) is 14.5. The first-order valence-corrected chi connectivity index (χ1v) is 18.2. The van der Waals surface area contributed by atoms with Gasteiger partial charge in [-0.15, -0.1) is 0 Å². The molecular weight excluding hydrogens is 652 g/mol. The van der Waals surface area contributed by atoms with Gasteiger partial charge in [0.2, 0.25) is 0 Å². The monoisotopic (exact) mass is 704 g/mol. The summed E-state index contributed by atoms with van der Waals surface area (Å²) in [7, 11) is 0. The molecule has 2 aromatic carbocycles. The van der Waals surface area contributed by atoms with E-state index in [9.17, 15) is 35.1 Å². The van der Waals surface area contributed by atoms with Gasteiger partial charge in [-0.1, -0.05) is 109 Å². The Morgan fingerprint density at radius 1 is 0.612 bits per heavy atom. The maximum Gasteiger partial charge on any atom is 0.457 e. The van der Waals surface area contributed by atoms with E-state index in [4.69, 9.17) is 0 Å². The van der Waals surface area contributed by atoms with E-state index in [0.717, 1.165) is 68.4 Å². The summed E-state index contributed by atoms with van der Waals surface area (Å²) in [5, 5.41) is 0. The molecule has 0 N–H and O–H groups in total. The maximum absolute atomic E-state index is 13.7. The Morgan fingerprint density at radius 3 is 1.57 bits per heavy atom. The summed E-state index contributed by atoms with van der Waals surface area (Å²) in [5.41, 5.74) is 1.86. The summed E-state index contributed by atoms with van der Waals surface area (Å²) in [6.45, 7) is 4.41. The lowest BCUT2D eigenvalue weighted by atomic mass is 9.64. The van der Waals surface area contributed by atoms with Gasteiger partial charge >= 0.3 is 25.1 Å². The summed E-state index contributed by atoms with van der Waals surface area (Å²) >= 11 is 0. The van der Waals surface area contributed by atoms with Crippen LogP contribution >= 0.6 is 0 Å². The van der Waals surface area contributed by atoms with Crippen molar-refractivity contribution in [2.45, 2.75) is 141 Å². The molecule has 0 heterocycles. The fourth-order valence-corrected chi connectivity index (χ4v) is 8.26. The molecule has 4 unspecified atom stereocenters. The van der Waals surface area contributed by atoms with E-state index < -0.39 is 25.1 Å². The molecule has 2 aliphatic carbocycles. The van der Waals surface area contributed by atoms with Crippen molar-refractivity contribution in [3.05, 3.63) is 59.7 Å². The molecule has 0 bridgehead atoms. The highest BCUT2D eigenvalue weighted by atomic mass is 19.4. The summed E-state index contributed by atoms with van der Waals surface area (Å²) in [4.78, 5) is 0. The summed E-state index contributed by atoms with van der Waals surface area (Å²) in [6.07, 6.45) is -0.637. The number of ether oxygens (including phenoxy) is 2. The summed E-state index contributed by atoms with van der Waals surface area (Å²) < 4.78 is 113. The van der Waals surface area contributed by atoms with Gasteiger partial charge in [-0.05, 0) is 96.6 Å². The minimum atomic E-state index is -5.13. The van der Waals surface area contributed by atoms with Gasteiger partial charge in [-0.3, -0.25) is 0 Å². The van der Waals surface area contributed by atoms with E-state index in [1.807, 2.05) is 0 Å². The first-order valence-electron chi connectivity index (χ1n) is 18.2. The van der Waals surface area contributed by atoms with Crippen LogP contribution in [0.2, 0.25) is 0 Å². The Morgan fingerprint density at radius 2 is 1.08 bits per heavy atom. The van der Waals surface area contributed by atoms with Crippen molar-refractivity contribution in [1.29, 1.82) is 0 Å². The fraction of sp³-hybridized carbons (Fsp3) is 0.692. The van der Waals surface area contributed by atoms with E-state index in [2.05, 4.69) is 23.3 Å². The molecule has 2 aliphatic rings. The van der Waals surface area contributed by atoms with Gasteiger partial charge in [0.1, 0.15) is 11.5 Å². The van der Waals surface area contributed by atoms with Crippen molar-refractivity contribution in [3.8, 4) is 11.5 Å². The van der Waals surface area contributed by atoms with E-state index in [0.29, 0.717) is 24.2 Å². The first kappa shape index (κ1) is 39.3. The average Bonchev–Trinajstić information content (AvgIpc) is 3.07. The van der Waals surface area contributed by atoms with Crippen LogP contribution in [-0.4, -0.2) is 25.1 Å². The number of benzene rings is 2. The molecule has 276 valence electrons. The second-order valence-electron chi connectivity index (χ2n) is 14.5. The Bertz CT molecular complexity index is 1210. The average molecular weight is 705 g/mol. The zero-order valence-electron chi connectivity index (χ0n) is 28.7. The molecule has 0 aliphatic heterocycles. The first-order chi connectivity index (χ1) is 23.3. The van der Waals surface area contributed by atoms with Crippen molar-refractivity contribution >= 4 is 0 Å². The minimum absolute atomic E-state index is 0.0548. The van der Waals surface area contributed by atoms with Gasteiger partial charge < -0.3 is 9.47 Å². The molecule has 49 heavy (non-hydrogen) atoms. The molecule has 2 saturated carbocycles. The van der Waals surface area contributed by atoms with Crippen LogP contribution in [0.3, 0.4) is 0 Å². The fourth-order valence-electron chi connectivity index (χ4n) is 8.26. The van der Waals surface area contributed by atoms with Gasteiger partial charge in [-0.25, -0.2) is 0 Å². The molecule has 4 rings (SSSR count). The maximum atomic E-state index is 13.7. The highest BCUT2D eigenvalue weighted by Gasteiger charge is 2.43. The van der Waals surface area contributed by atoms with Gasteiger partial charge in [0.05, 0.1) is 0 Å². The third-order valence-electron chi connectivity index (χ3n) is 10.9. The van der Waals surface area contributed by atoms with E-state index >= 15 is 0 Å². The Balaban J connectivity index is 1.62. The van der Waals surface area contributed by atoms with Crippen molar-refractivity contribution in [3.63, 3.8) is 0 Å². The number of unbranched alkanes of at least 4 members (excludes halogenated alkanes) is 1. The largest absolute Gasteiger partial charge is 0.457 e. The predicted molar refractivity (Wildman–Crippen MR) is 176 cm³/mol. The van der Waals surface area contributed by atoms with Gasteiger partial charge in [0, 0.05) is 0 Å². The zero-order valence-corrected chi connectivity index (χ0v) is 28.7. The second kappa shape index (κ2) is 18.1. The van der Waals surface area contributed by atoms with Crippen LogP contribution in [0, 0.1) is 29.6 Å². The summed E-state index contributed by atoms with van der Waals surface area (Å²) in [5.74, 6) is 2.06. The number of rotatable bonds is 16. The molecule has 4 atom stereocenters. The minimum Gasteiger partial charge on any atom is -0.452 e. The predicted octanol–water partition coefficient (Wildman–Crippen LogP) is 13.1. The number of alkyl halides is 8. The Labute approximate surface area is 286 Å². The van der Waals surface area contributed by atoms with Gasteiger partial charge in [-0.2, -0.15) is 35.1 Å². The van der Waals surface area contributed by atoms with Crippen molar-refractivity contribution in [2.24, 2.45) is 29.6 Å². The quantitative estimate of drug-likeness (QED) is 0.162. The Hall–Kier alpha value is -2.52. The smallest absolute Gasteiger partial charge is 0.452 e. The van der Waals surface area contributed by atoms with Gasteiger partial charge in [0.15, 0.2) is 0 Å². The molecular formula is C39H52F8O2. The molecule has 0 amide bonds. The van der Waals surface area contributed by atoms with E-state index in [-0.39, 0.29) is 23.3 Å². The van der Waals surface area contributed by atoms with Crippen LogP contribution in [0.15, 0.2) is 48.5 Å². The lowest BCUT2D eigenvalue weighted by molar-refractivity contribution is -0.236. The molecule has 0 aromatic heterocycles. The van der Waals surface area contributed by atoms with E-state index in [1.54, 1.807) is 24.3 Å². The summed E-state index contributed by atoms with van der Waals surface area (Å²) in [6, 6.07) is 12.5. The molecule has 0 radical (unpaired) electrons. The SMILES string of the molecule is CCCCC1CCC(CC(c2ccc(OC(F)C(F)(F)F)cc2)C(Cc2ccc(OC(F)C(F)(F)F)cc2)C2CCC(CCC)CC2)CC1. The van der Waals surface area contributed by atoms with Crippen LogP contribution in [0.5, 0.6) is 11.5 Å². The molecule has 0 spiro atoms. The molecule has 0 saturated heterocycles. The van der Waals surface area contributed by atoms with Crippen molar-refractivity contribution in [2.75, 3.05) is 0 Å². The third-order valence-corrected chi connectivity index (χ3v) is 10.9.